The monoisotopic (exact) mass is 314 g/mol. The molecule has 1 aromatic carbocycles. The predicted molar refractivity (Wildman–Crippen MR) is 84.5 cm³/mol. The van der Waals surface area contributed by atoms with Crippen molar-refractivity contribution in [2.45, 2.75) is 26.2 Å². The minimum atomic E-state index is 0.201. The van der Waals surface area contributed by atoms with Crippen LogP contribution in [0.3, 0.4) is 0 Å². The zero-order valence-corrected chi connectivity index (χ0v) is 13.2. The lowest BCUT2D eigenvalue weighted by Gasteiger charge is -2.30. The Morgan fingerprint density at radius 2 is 1.90 bits per heavy atom. The number of carbonyl (C=O) groups excluding carboxylic acids is 1. The Kier molecular flexibility index (Phi) is 5.55. The van der Waals surface area contributed by atoms with Gasteiger partial charge in [-0.1, -0.05) is 36.2 Å². The molecule has 0 saturated carbocycles. The molecule has 1 saturated heterocycles. The van der Waals surface area contributed by atoms with Gasteiger partial charge in [-0.15, -0.1) is 0 Å². The van der Waals surface area contributed by atoms with Crippen molar-refractivity contribution < 1.29 is 4.79 Å². The summed E-state index contributed by atoms with van der Waals surface area (Å²) < 4.78 is 0. The Morgan fingerprint density at radius 3 is 2.50 bits per heavy atom. The van der Waals surface area contributed by atoms with Crippen LogP contribution < -0.4 is 5.32 Å². The first-order valence-electron chi connectivity index (χ1n) is 7.03. The molecule has 1 aliphatic heterocycles. The van der Waals surface area contributed by atoms with Crippen LogP contribution in [0.15, 0.2) is 18.2 Å². The van der Waals surface area contributed by atoms with Crippen LogP contribution in [0.5, 0.6) is 0 Å². The fourth-order valence-electron chi connectivity index (χ4n) is 2.38. The normalized spacial score (nSPS) is 16.2. The quantitative estimate of drug-likeness (QED) is 0.909. The molecule has 0 bridgehead atoms. The molecule has 0 aliphatic carbocycles. The maximum atomic E-state index is 12.1. The van der Waals surface area contributed by atoms with Crippen LogP contribution >= 0.6 is 23.2 Å². The lowest BCUT2D eigenvalue weighted by atomic mass is 9.99. The zero-order valence-electron chi connectivity index (χ0n) is 11.7. The molecule has 2 rings (SSSR count). The van der Waals surface area contributed by atoms with Crippen molar-refractivity contribution in [3.63, 3.8) is 0 Å². The van der Waals surface area contributed by atoms with Gasteiger partial charge >= 0.3 is 0 Å². The summed E-state index contributed by atoms with van der Waals surface area (Å²) in [5, 5.41) is 4.31. The lowest BCUT2D eigenvalue weighted by molar-refractivity contribution is -0.132. The maximum Gasteiger partial charge on any atom is 0.224 e. The third-order valence-corrected chi connectivity index (χ3v) is 4.37. The van der Waals surface area contributed by atoms with Crippen molar-refractivity contribution in [3.8, 4) is 0 Å². The van der Waals surface area contributed by atoms with Gasteiger partial charge in [0.1, 0.15) is 0 Å². The van der Waals surface area contributed by atoms with E-state index < -0.39 is 0 Å². The first kappa shape index (κ1) is 15.5. The summed E-state index contributed by atoms with van der Waals surface area (Å²) in [6.07, 6.45) is 2.68. The summed E-state index contributed by atoms with van der Waals surface area (Å²) in [6.45, 7) is 4.55. The van der Waals surface area contributed by atoms with Gasteiger partial charge in [0.05, 0.1) is 15.7 Å². The largest absolute Gasteiger partial charge is 0.382 e. The van der Waals surface area contributed by atoms with Crippen molar-refractivity contribution in [1.29, 1.82) is 0 Å². The number of anilines is 1. The number of likely N-dealkylation sites (tertiary alicyclic amines) is 1. The van der Waals surface area contributed by atoms with E-state index in [-0.39, 0.29) is 5.91 Å². The highest BCUT2D eigenvalue weighted by molar-refractivity contribution is 6.39. The van der Waals surface area contributed by atoms with Crippen LogP contribution in [0, 0.1) is 5.92 Å². The molecule has 110 valence electrons. The average molecular weight is 315 g/mol. The van der Waals surface area contributed by atoms with Gasteiger partial charge in [0, 0.05) is 26.1 Å². The Hall–Kier alpha value is -0.930. The average Bonchev–Trinajstić information content (AvgIpc) is 2.42. The predicted octanol–water partition coefficient (Wildman–Crippen LogP) is 4.05. The third-order valence-electron chi connectivity index (χ3n) is 3.74. The first-order chi connectivity index (χ1) is 9.58. The molecule has 3 nitrogen and oxygen atoms in total. The molecule has 0 radical (unpaired) electrons. The van der Waals surface area contributed by atoms with Gasteiger partial charge < -0.3 is 10.2 Å². The molecule has 1 N–H and O–H groups in total. The fraction of sp³-hybridized carbons (Fsp3) is 0.533. The smallest absolute Gasteiger partial charge is 0.224 e. The van der Waals surface area contributed by atoms with E-state index in [1.807, 2.05) is 4.90 Å². The van der Waals surface area contributed by atoms with Crippen molar-refractivity contribution in [3.05, 3.63) is 28.2 Å². The van der Waals surface area contributed by atoms with Crippen LogP contribution in [0.1, 0.15) is 26.2 Å². The molecule has 0 spiro atoms. The van der Waals surface area contributed by atoms with Crippen molar-refractivity contribution in [2.24, 2.45) is 5.92 Å². The number of hydrogen-bond donors (Lipinski definition) is 1. The molecule has 1 heterocycles. The van der Waals surface area contributed by atoms with Gasteiger partial charge in [-0.25, -0.2) is 0 Å². The van der Waals surface area contributed by atoms with Crippen LogP contribution in [-0.2, 0) is 4.79 Å². The molecule has 1 aliphatic rings. The number of para-hydroxylation sites is 1. The van der Waals surface area contributed by atoms with E-state index in [0.29, 0.717) is 28.7 Å². The molecule has 0 aromatic heterocycles. The standard InChI is InChI=1S/C15H20Cl2N2O/c1-11-6-9-19(10-7-11)14(20)5-8-18-15-12(16)3-2-4-13(15)17/h2-4,11,18H,5-10H2,1H3. The second kappa shape index (κ2) is 7.19. The summed E-state index contributed by atoms with van der Waals surface area (Å²) in [5.41, 5.74) is 0.705. The van der Waals surface area contributed by atoms with Crippen LogP contribution in [0.2, 0.25) is 10.0 Å². The molecular formula is C15H20Cl2N2O. The molecule has 0 unspecified atom stereocenters. The highest BCUT2D eigenvalue weighted by Gasteiger charge is 2.19. The molecule has 0 atom stereocenters. The Labute approximate surface area is 130 Å². The number of piperidine rings is 1. The van der Waals surface area contributed by atoms with Crippen LogP contribution in [0.4, 0.5) is 5.69 Å². The first-order valence-corrected chi connectivity index (χ1v) is 7.79. The molecular weight excluding hydrogens is 295 g/mol. The Bertz CT molecular complexity index is 451. The molecule has 1 aromatic rings. The molecule has 1 fully saturated rings. The molecule has 5 heteroatoms. The van der Waals surface area contributed by atoms with E-state index in [4.69, 9.17) is 23.2 Å². The van der Waals surface area contributed by atoms with Crippen LogP contribution in [0.25, 0.3) is 0 Å². The summed E-state index contributed by atoms with van der Waals surface area (Å²) in [6, 6.07) is 5.36. The fourth-order valence-corrected chi connectivity index (χ4v) is 2.91. The second-order valence-corrected chi connectivity index (χ2v) is 6.15. The van der Waals surface area contributed by atoms with E-state index in [1.54, 1.807) is 18.2 Å². The van der Waals surface area contributed by atoms with E-state index >= 15 is 0 Å². The number of nitrogens with zero attached hydrogens (tertiary/aromatic N) is 1. The highest BCUT2D eigenvalue weighted by atomic mass is 35.5. The van der Waals surface area contributed by atoms with Gasteiger partial charge in [0.15, 0.2) is 0 Å². The maximum absolute atomic E-state index is 12.1. The van der Waals surface area contributed by atoms with Crippen molar-refractivity contribution in [1.82, 2.24) is 4.90 Å². The van der Waals surface area contributed by atoms with E-state index in [9.17, 15) is 4.79 Å². The minimum Gasteiger partial charge on any atom is -0.382 e. The highest BCUT2D eigenvalue weighted by Crippen LogP contribution is 2.29. The van der Waals surface area contributed by atoms with E-state index in [2.05, 4.69) is 12.2 Å². The number of amides is 1. The number of benzene rings is 1. The summed E-state index contributed by atoms with van der Waals surface area (Å²) >= 11 is 12.1. The SMILES string of the molecule is CC1CCN(C(=O)CCNc2c(Cl)cccc2Cl)CC1. The number of halogens is 2. The number of rotatable bonds is 4. The van der Waals surface area contributed by atoms with Gasteiger partial charge in [-0.05, 0) is 30.9 Å². The molecule has 1 amide bonds. The second-order valence-electron chi connectivity index (χ2n) is 5.34. The van der Waals surface area contributed by atoms with Gasteiger partial charge in [-0.3, -0.25) is 4.79 Å². The van der Waals surface area contributed by atoms with Gasteiger partial charge in [0.25, 0.3) is 0 Å². The van der Waals surface area contributed by atoms with Gasteiger partial charge in [-0.2, -0.15) is 0 Å². The van der Waals surface area contributed by atoms with E-state index in [0.717, 1.165) is 31.8 Å². The van der Waals surface area contributed by atoms with Crippen molar-refractivity contribution in [2.75, 3.05) is 25.0 Å². The van der Waals surface area contributed by atoms with Gasteiger partial charge in [0.2, 0.25) is 5.91 Å². The number of carbonyl (C=O) groups is 1. The number of hydrogen-bond acceptors (Lipinski definition) is 2. The lowest BCUT2D eigenvalue weighted by Crippen LogP contribution is -2.38. The Morgan fingerprint density at radius 1 is 1.30 bits per heavy atom. The minimum absolute atomic E-state index is 0.201. The van der Waals surface area contributed by atoms with Crippen LogP contribution in [-0.4, -0.2) is 30.4 Å². The number of nitrogens with one attached hydrogen (secondary N) is 1. The third kappa shape index (κ3) is 4.03. The summed E-state index contributed by atoms with van der Waals surface area (Å²) in [4.78, 5) is 14.0. The summed E-state index contributed by atoms with van der Waals surface area (Å²) in [5.74, 6) is 0.937. The van der Waals surface area contributed by atoms with Crippen molar-refractivity contribution >= 4 is 34.8 Å². The molecule has 20 heavy (non-hydrogen) atoms. The zero-order chi connectivity index (χ0) is 14.5. The Balaban J connectivity index is 1.79. The topological polar surface area (TPSA) is 32.3 Å². The van der Waals surface area contributed by atoms with E-state index in [1.165, 1.54) is 0 Å². The summed E-state index contributed by atoms with van der Waals surface area (Å²) in [7, 11) is 0.